The van der Waals surface area contributed by atoms with Gasteiger partial charge < -0.3 is 15.2 Å². The number of carbonyl (C=O) groups excluding carboxylic acids is 2. The van der Waals surface area contributed by atoms with Gasteiger partial charge in [-0.25, -0.2) is 0 Å². The molecule has 2 rings (SSSR count). The van der Waals surface area contributed by atoms with Gasteiger partial charge in [0.25, 0.3) is 5.91 Å². The molecule has 0 radical (unpaired) electrons. The third-order valence-electron chi connectivity index (χ3n) is 3.03. The second-order valence-corrected chi connectivity index (χ2v) is 5.13. The van der Waals surface area contributed by atoms with Crippen LogP contribution in [0.3, 0.4) is 0 Å². The van der Waals surface area contributed by atoms with Gasteiger partial charge in [0, 0.05) is 24.3 Å². The number of nitrogens with zero attached hydrogens (tertiary/aromatic N) is 2. The second kappa shape index (κ2) is 4.52. The Labute approximate surface area is 108 Å². The highest BCUT2D eigenvalue weighted by Crippen LogP contribution is 2.22. The molecule has 0 spiro atoms. The van der Waals surface area contributed by atoms with Gasteiger partial charge >= 0.3 is 0 Å². The Kier molecular flexibility index (Phi) is 3.24. The normalized spacial score (nSPS) is 19.6. The lowest BCUT2D eigenvalue weighted by molar-refractivity contribution is -0.121. The molecule has 1 unspecified atom stereocenters. The third kappa shape index (κ3) is 2.22. The summed E-state index contributed by atoms with van der Waals surface area (Å²) in [5, 5.41) is 0. The Morgan fingerprint density at radius 1 is 1.53 bits per heavy atom. The summed E-state index contributed by atoms with van der Waals surface area (Å²) >= 11 is 3.32. The maximum Gasteiger partial charge on any atom is 0.271 e. The molecule has 1 atom stereocenters. The molecule has 6 heteroatoms. The highest BCUT2D eigenvalue weighted by Gasteiger charge is 2.34. The quantitative estimate of drug-likeness (QED) is 0.881. The van der Waals surface area contributed by atoms with Gasteiger partial charge in [-0.05, 0) is 34.8 Å². The van der Waals surface area contributed by atoms with Crippen molar-refractivity contribution in [3.8, 4) is 0 Å². The number of hydrogen-bond acceptors (Lipinski definition) is 2. The maximum absolute atomic E-state index is 12.3. The summed E-state index contributed by atoms with van der Waals surface area (Å²) in [5.41, 5.74) is 5.86. The van der Waals surface area contributed by atoms with Gasteiger partial charge in [0.15, 0.2) is 0 Å². The van der Waals surface area contributed by atoms with Crippen LogP contribution in [0.4, 0.5) is 0 Å². The standard InChI is InChI=1S/C11H14BrN3O2/c1-14-6-7(12)5-9(14)11(17)15-4-2-3-8(15)10(13)16/h5-6,8H,2-4H2,1H3,(H2,13,16). The van der Waals surface area contributed by atoms with Crippen molar-refractivity contribution in [1.29, 1.82) is 0 Å². The minimum absolute atomic E-state index is 0.139. The molecule has 1 saturated heterocycles. The van der Waals surface area contributed by atoms with Crippen molar-refractivity contribution in [1.82, 2.24) is 9.47 Å². The molecular formula is C11H14BrN3O2. The zero-order valence-corrected chi connectivity index (χ0v) is 11.1. The molecule has 1 fully saturated rings. The van der Waals surface area contributed by atoms with E-state index in [9.17, 15) is 9.59 Å². The van der Waals surface area contributed by atoms with Crippen molar-refractivity contribution < 1.29 is 9.59 Å². The SMILES string of the molecule is Cn1cc(Br)cc1C(=O)N1CCCC1C(N)=O. The van der Waals surface area contributed by atoms with E-state index in [-0.39, 0.29) is 5.91 Å². The first kappa shape index (κ1) is 12.2. The predicted octanol–water partition coefficient (Wildman–Crippen LogP) is 0.877. The molecule has 1 aliphatic rings. The lowest BCUT2D eigenvalue weighted by atomic mass is 10.2. The molecule has 17 heavy (non-hydrogen) atoms. The Hall–Kier alpha value is -1.30. The average molecular weight is 300 g/mol. The monoisotopic (exact) mass is 299 g/mol. The molecular weight excluding hydrogens is 286 g/mol. The van der Waals surface area contributed by atoms with Gasteiger partial charge in [-0.3, -0.25) is 9.59 Å². The lowest BCUT2D eigenvalue weighted by Crippen LogP contribution is -2.44. The number of amides is 2. The van der Waals surface area contributed by atoms with E-state index in [1.807, 2.05) is 6.20 Å². The number of primary amides is 1. The van der Waals surface area contributed by atoms with Crippen molar-refractivity contribution in [2.24, 2.45) is 12.8 Å². The first-order chi connectivity index (χ1) is 8.00. The highest BCUT2D eigenvalue weighted by atomic mass is 79.9. The van der Waals surface area contributed by atoms with Crippen molar-refractivity contribution >= 4 is 27.7 Å². The van der Waals surface area contributed by atoms with Crippen molar-refractivity contribution in [3.05, 3.63) is 22.4 Å². The summed E-state index contributed by atoms with van der Waals surface area (Å²) in [6.45, 7) is 0.592. The molecule has 1 aromatic heterocycles. The van der Waals surface area contributed by atoms with E-state index in [0.29, 0.717) is 18.7 Å². The number of hydrogen-bond donors (Lipinski definition) is 1. The van der Waals surface area contributed by atoms with E-state index in [1.54, 1.807) is 22.6 Å². The zero-order chi connectivity index (χ0) is 12.6. The van der Waals surface area contributed by atoms with E-state index < -0.39 is 11.9 Å². The fourth-order valence-electron chi connectivity index (χ4n) is 2.19. The number of aryl methyl sites for hydroxylation is 1. The molecule has 92 valence electrons. The minimum Gasteiger partial charge on any atom is -0.368 e. The fourth-order valence-corrected chi connectivity index (χ4v) is 2.71. The maximum atomic E-state index is 12.3. The summed E-state index contributed by atoms with van der Waals surface area (Å²) in [5.74, 6) is -0.566. The van der Waals surface area contributed by atoms with Gasteiger partial charge in [0.2, 0.25) is 5.91 Å². The molecule has 0 aromatic carbocycles. The summed E-state index contributed by atoms with van der Waals surface area (Å²) < 4.78 is 2.58. The third-order valence-corrected chi connectivity index (χ3v) is 3.47. The smallest absolute Gasteiger partial charge is 0.271 e. The molecule has 0 bridgehead atoms. The fraction of sp³-hybridized carbons (Fsp3) is 0.455. The van der Waals surface area contributed by atoms with Crippen molar-refractivity contribution in [2.75, 3.05) is 6.54 Å². The van der Waals surface area contributed by atoms with Crippen LogP contribution in [-0.4, -0.2) is 33.9 Å². The zero-order valence-electron chi connectivity index (χ0n) is 9.52. The van der Waals surface area contributed by atoms with Gasteiger partial charge in [-0.1, -0.05) is 0 Å². The number of halogens is 1. The number of carbonyl (C=O) groups is 2. The number of aromatic nitrogens is 1. The first-order valence-electron chi connectivity index (χ1n) is 5.43. The van der Waals surface area contributed by atoms with Crippen LogP contribution >= 0.6 is 15.9 Å². The van der Waals surface area contributed by atoms with Crippen LogP contribution in [0.2, 0.25) is 0 Å². The van der Waals surface area contributed by atoms with Crippen LogP contribution in [0.1, 0.15) is 23.3 Å². The number of nitrogens with two attached hydrogens (primary N) is 1. The second-order valence-electron chi connectivity index (χ2n) is 4.21. The average Bonchev–Trinajstić information content (AvgIpc) is 2.83. The van der Waals surface area contributed by atoms with Gasteiger partial charge in [-0.2, -0.15) is 0 Å². The van der Waals surface area contributed by atoms with Crippen LogP contribution in [-0.2, 0) is 11.8 Å². The summed E-state index contributed by atoms with van der Waals surface area (Å²) in [6, 6.07) is 1.29. The molecule has 0 saturated carbocycles. The Balaban J connectivity index is 2.25. The van der Waals surface area contributed by atoms with Gasteiger partial charge in [-0.15, -0.1) is 0 Å². The molecule has 1 aliphatic heterocycles. The van der Waals surface area contributed by atoms with Crippen LogP contribution in [0.25, 0.3) is 0 Å². The van der Waals surface area contributed by atoms with Crippen molar-refractivity contribution in [2.45, 2.75) is 18.9 Å². The van der Waals surface area contributed by atoms with E-state index in [4.69, 9.17) is 5.73 Å². The van der Waals surface area contributed by atoms with E-state index in [2.05, 4.69) is 15.9 Å². The summed E-state index contributed by atoms with van der Waals surface area (Å²) in [4.78, 5) is 25.1. The van der Waals surface area contributed by atoms with E-state index >= 15 is 0 Å². The predicted molar refractivity (Wildman–Crippen MR) is 66.4 cm³/mol. The summed E-state index contributed by atoms with van der Waals surface area (Å²) in [6.07, 6.45) is 3.29. The topological polar surface area (TPSA) is 68.3 Å². The summed E-state index contributed by atoms with van der Waals surface area (Å²) in [7, 11) is 1.80. The Morgan fingerprint density at radius 3 is 2.76 bits per heavy atom. The minimum atomic E-state index is -0.462. The van der Waals surface area contributed by atoms with Crippen molar-refractivity contribution in [3.63, 3.8) is 0 Å². The Bertz CT molecular complexity index is 469. The number of rotatable bonds is 2. The van der Waals surface area contributed by atoms with Crippen LogP contribution < -0.4 is 5.73 Å². The van der Waals surface area contributed by atoms with Crippen LogP contribution in [0.15, 0.2) is 16.7 Å². The first-order valence-corrected chi connectivity index (χ1v) is 6.22. The lowest BCUT2D eigenvalue weighted by Gasteiger charge is -2.22. The van der Waals surface area contributed by atoms with Crippen LogP contribution in [0, 0.1) is 0 Å². The van der Waals surface area contributed by atoms with Crippen LogP contribution in [0.5, 0.6) is 0 Å². The van der Waals surface area contributed by atoms with Gasteiger partial charge in [0.1, 0.15) is 11.7 Å². The molecule has 2 amide bonds. The molecule has 1 aromatic rings. The molecule has 5 nitrogen and oxygen atoms in total. The molecule has 2 heterocycles. The van der Waals surface area contributed by atoms with E-state index in [0.717, 1.165) is 10.9 Å². The van der Waals surface area contributed by atoms with E-state index in [1.165, 1.54) is 0 Å². The van der Waals surface area contributed by atoms with Gasteiger partial charge in [0.05, 0.1) is 0 Å². The number of likely N-dealkylation sites (tertiary alicyclic amines) is 1. The Morgan fingerprint density at radius 2 is 2.24 bits per heavy atom. The molecule has 0 aliphatic carbocycles. The largest absolute Gasteiger partial charge is 0.368 e. The highest BCUT2D eigenvalue weighted by molar-refractivity contribution is 9.10. The molecule has 2 N–H and O–H groups in total.